The molecule has 1 aromatic carbocycles. The second-order valence-corrected chi connectivity index (χ2v) is 7.22. The number of carbonyl (C=O) groups is 3. The number of carbonyl (C=O) groups excluding carboxylic acids is 3. The van der Waals surface area contributed by atoms with Crippen molar-refractivity contribution in [2.75, 3.05) is 37.0 Å². The molecule has 2 amide bonds. The predicted octanol–water partition coefficient (Wildman–Crippen LogP) is 1.79. The van der Waals surface area contributed by atoms with Crippen molar-refractivity contribution in [3.8, 4) is 0 Å². The Kier molecular flexibility index (Phi) is 8.11. The largest absolute Gasteiger partial charge is 0.454 e. The predicted molar refractivity (Wildman–Crippen MR) is 114 cm³/mol. The minimum absolute atomic E-state index is 0.129. The second-order valence-electron chi connectivity index (χ2n) is 6.83. The van der Waals surface area contributed by atoms with Crippen LogP contribution in [-0.2, 0) is 19.1 Å². The fraction of sp³-hybridized carbons (Fsp3) is 0.350. The number of ether oxygens (including phenoxy) is 1. The molecule has 2 rings (SSSR count). The molecule has 9 nitrogen and oxygen atoms in total. The quantitative estimate of drug-likeness (QED) is 0.610. The van der Waals surface area contributed by atoms with E-state index in [-0.39, 0.29) is 24.1 Å². The maximum atomic E-state index is 12.1. The van der Waals surface area contributed by atoms with Crippen LogP contribution in [0.25, 0.3) is 0 Å². The van der Waals surface area contributed by atoms with Crippen LogP contribution in [0.3, 0.4) is 0 Å². The zero-order chi connectivity index (χ0) is 22.3. The summed E-state index contributed by atoms with van der Waals surface area (Å²) < 4.78 is 4.92. The fourth-order valence-corrected chi connectivity index (χ4v) is 2.87. The van der Waals surface area contributed by atoms with E-state index in [9.17, 15) is 14.4 Å². The Morgan fingerprint density at radius 1 is 1.07 bits per heavy atom. The molecular formula is C20H24ClN5O4. The molecule has 1 heterocycles. The van der Waals surface area contributed by atoms with Gasteiger partial charge >= 0.3 is 5.97 Å². The van der Waals surface area contributed by atoms with E-state index >= 15 is 0 Å². The average molecular weight is 434 g/mol. The van der Waals surface area contributed by atoms with E-state index in [1.54, 1.807) is 19.2 Å². The van der Waals surface area contributed by atoms with Gasteiger partial charge in [-0.1, -0.05) is 29.3 Å². The third-order valence-electron chi connectivity index (χ3n) is 4.13. The Morgan fingerprint density at radius 3 is 2.33 bits per heavy atom. The van der Waals surface area contributed by atoms with Gasteiger partial charge in [0, 0.05) is 12.7 Å². The van der Waals surface area contributed by atoms with Crippen LogP contribution >= 0.6 is 11.6 Å². The van der Waals surface area contributed by atoms with Gasteiger partial charge in [-0.2, -0.15) is 0 Å². The van der Waals surface area contributed by atoms with Gasteiger partial charge in [-0.3, -0.25) is 14.4 Å². The van der Waals surface area contributed by atoms with E-state index in [0.29, 0.717) is 5.82 Å². The number of nitrogens with zero attached hydrogens (tertiary/aromatic N) is 3. The molecule has 0 aliphatic carbocycles. The first-order valence-electron chi connectivity index (χ1n) is 9.16. The number of likely N-dealkylation sites (N-methyl/N-ethyl adjacent to an activating group) is 1. The molecule has 10 heteroatoms. The van der Waals surface area contributed by atoms with Gasteiger partial charge in [-0.15, -0.1) is 10.2 Å². The van der Waals surface area contributed by atoms with E-state index in [1.807, 2.05) is 32.9 Å². The van der Waals surface area contributed by atoms with Crippen molar-refractivity contribution < 1.29 is 19.1 Å². The molecule has 0 radical (unpaired) electrons. The van der Waals surface area contributed by atoms with Crippen LogP contribution in [0.4, 0.5) is 11.5 Å². The Labute approximate surface area is 179 Å². The average Bonchev–Trinajstić information content (AvgIpc) is 2.68. The van der Waals surface area contributed by atoms with Gasteiger partial charge in [0.2, 0.25) is 5.91 Å². The van der Waals surface area contributed by atoms with E-state index in [0.717, 1.165) is 22.4 Å². The van der Waals surface area contributed by atoms with Crippen LogP contribution in [-0.4, -0.2) is 54.7 Å². The first kappa shape index (κ1) is 23.1. The SMILES string of the molecule is Cc1cc(C)c(NC(=O)CNC(=O)COC(=O)CN(C)c2ccc(Cl)nn2)c(C)c1. The van der Waals surface area contributed by atoms with E-state index in [1.165, 1.54) is 4.90 Å². The number of hydrogen-bond donors (Lipinski definition) is 2. The summed E-state index contributed by atoms with van der Waals surface area (Å²) >= 11 is 5.67. The van der Waals surface area contributed by atoms with Crippen molar-refractivity contribution in [1.29, 1.82) is 0 Å². The highest BCUT2D eigenvalue weighted by Crippen LogP contribution is 2.21. The molecule has 0 spiro atoms. The lowest BCUT2D eigenvalue weighted by atomic mass is 10.1. The number of hydrogen-bond acceptors (Lipinski definition) is 7. The van der Waals surface area contributed by atoms with Crippen LogP contribution in [0.15, 0.2) is 24.3 Å². The lowest BCUT2D eigenvalue weighted by Crippen LogP contribution is -2.37. The third kappa shape index (κ3) is 7.00. The third-order valence-corrected chi connectivity index (χ3v) is 4.33. The molecule has 0 saturated heterocycles. The summed E-state index contributed by atoms with van der Waals surface area (Å²) in [4.78, 5) is 37.4. The van der Waals surface area contributed by atoms with Crippen LogP contribution in [0.5, 0.6) is 0 Å². The summed E-state index contributed by atoms with van der Waals surface area (Å²) in [6.45, 7) is 4.93. The molecule has 160 valence electrons. The van der Waals surface area contributed by atoms with E-state index in [4.69, 9.17) is 16.3 Å². The highest BCUT2D eigenvalue weighted by molar-refractivity contribution is 6.29. The molecule has 0 atom stereocenters. The van der Waals surface area contributed by atoms with Crippen molar-refractivity contribution in [1.82, 2.24) is 15.5 Å². The monoisotopic (exact) mass is 433 g/mol. The van der Waals surface area contributed by atoms with Gasteiger partial charge in [0.25, 0.3) is 5.91 Å². The van der Waals surface area contributed by atoms with Crippen LogP contribution in [0.1, 0.15) is 16.7 Å². The van der Waals surface area contributed by atoms with E-state index < -0.39 is 18.5 Å². The Hall–Kier alpha value is -3.20. The minimum atomic E-state index is -0.625. The van der Waals surface area contributed by atoms with E-state index in [2.05, 4.69) is 20.8 Å². The summed E-state index contributed by atoms with van der Waals surface area (Å²) in [5, 5.41) is 13.0. The molecule has 0 saturated carbocycles. The highest BCUT2D eigenvalue weighted by Gasteiger charge is 2.14. The smallest absolute Gasteiger partial charge is 0.326 e. The molecule has 0 unspecified atom stereocenters. The Balaban J connectivity index is 1.73. The molecule has 0 fully saturated rings. The van der Waals surface area contributed by atoms with Gasteiger partial charge < -0.3 is 20.3 Å². The molecule has 0 bridgehead atoms. The van der Waals surface area contributed by atoms with Crippen LogP contribution in [0.2, 0.25) is 5.15 Å². The summed E-state index contributed by atoms with van der Waals surface area (Å²) in [5.74, 6) is -1.14. The maximum Gasteiger partial charge on any atom is 0.326 e. The second kappa shape index (κ2) is 10.5. The van der Waals surface area contributed by atoms with Gasteiger partial charge in [-0.25, -0.2) is 0 Å². The van der Waals surface area contributed by atoms with Gasteiger partial charge in [0.05, 0.1) is 6.54 Å². The zero-order valence-electron chi connectivity index (χ0n) is 17.3. The number of esters is 1. The van der Waals surface area contributed by atoms with Crippen molar-refractivity contribution in [2.45, 2.75) is 20.8 Å². The van der Waals surface area contributed by atoms with Gasteiger partial charge in [-0.05, 0) is 44.0 Å². The van der Waals surface area contributed by atoms with Gasteiger partial charge in [0.1, 0.15) is 6.54 Å². The highest BCUT2D eigenvalue weighted by atomic mass is 35.5. The number of anilines is 2. The number of nitrogens with one attached hydrogen (secondary N) is 2. The molecule has 2 N–H and O–H groups in total. The van der Waals surface area contributed by atoms with Crippen LogP contribution in [0, 0.1) is 20.8 Å². The number of rotatable bonds is 8. The Morgan fingerprint density at radius 2 is 1.73 bits per heavy atom. The molecule has 2 aromatic rings. The first-order valence-corrected chi connectivity index (χ1v) is 9.54. The maximum absolute atomic E-state index is 12.1. The molecule has 0 aliphatic rings. The minimum Gasteiger partial charge on any atom is -0.454 e. The molecule has 1 aromatic heterocycles. The number of aryl methyl sites for hydroxylation is 3. The topological polar surface area (TPSA) is 114 Å². The van der Waals surface area contributed by atoms with Crippen molar-refractivity contribution in [3.63, 3.8) is 0 Å². The number of halogens is 1. The summed E-state index contributed by atoms with van der Waals surface area (Å²) in [6, 6.07) is 7.08. The molecular weight excluding hydrogens is 410 g/mol. The zero-order valence-corrected chi connectivity index (χ0v) is 18.0. The summed E-state index contributed by atoms with van der Waals surface area (Å²) in [7, 11) is 1.62. The van der Waals surface area contributed by atoms with Gasteiger partial charge in [0.15, 0.2) is 17.6 Å². The summed E-state index contributed by atoms with van der Waals surface area (Å²) in [5.41, 5.74) is 3.71. The van der Waals surface area contributed by atoms with Crippen molar-refractivity contribution in [2.24, 2.45) is 0 Å². The normalized spacial score (nSPS) is 10.3. The first-order chi connectivity index (χ1) is 14.2. The van der Waals surface area contributed by atoms with Crippen molar-refractivity contribution in [3.05, 3.63) is 46.1 Å². The van der Waals surface area contributed by atoms with Crippen molar-refractivity contribution >= 4 is 40.9 Å². The lowest BCUT2D eigenvalue weighted by Gasteiger charge is -2.16. The lowest BCUT2D eigenvalue weighted by molar-refractivity contribution is -0.147. The summed E-state index contributed by atoms with van der Waals surface area (Å²) in [6.07, 6.45) is 0. The number of aromatic nitrogens is 2. The Bertz CT molecular complexity index is 910. The number of amides is 2. The molecule has 30 heavy (non-hydrogen) atoms. The molecule has 0 aliphatic heterocycles. The fourth-order valence-electron chi connectivity index (χ4n) is 2.77. The van der Waals surface area contributed by atoms with Crippen LogP contribution < -0.4 is 15.5 Å². The number of benzene rings is 1. The standard InChI is InChI=1S/C20H24ClN5O4/c1-12-7-13(2)20(14(3)8-12)23-17(27)9-22-18(28)11-30-19(29)10-26(4)16-6-5-15(21)24-25-16/h5-8H,9-11H2,1-4H3,(H,22,28)(H,23,27).